The van der Waals surface area contributed by atoms with Crippen molar-refractivity contribution in [3.05, 3.63) is 0 Å². The maximum Gasteiger partial charge on any atom is 0.120 e. The van der Waals surface area contributed by atoms with Crippen LogP contribution in [-0.2, 0) is 16.4 Å². The highest BCUT2D eigenvalue weighted by molar-refractivity contribution is 7.91. The third-order valence-corrected chi connectivity index (χ3v) is 2.41. The number of nitrogens with zero attached hydrogens (tertiary/aromatic N) is 1. The first-order chi connectivity index (χ1) is 3.79. The summed E-state index contributed by atoms with van der Waals surface area (Å²) in [6.07, 6.45) is 0. The molecule has 47 valence electrons. The topological polar surface area (TPSA) is 46.2 Å². The summed E-state index contributed by atoms with van der Waals surface area (Å²) < 4.78 is 10.6. The minimum absolute atomic E-state index is 0.451. The standard InChI is InChI=1S/C4H8NO2S/c6-5-1-3-8(7)4-2-5/h1-4H2. The van der Waals surface area contributed by atoms with Crippen LogP contribution in [0.2, 0.25) is 0 Å². The second kappa shape index (κ2) is 2.68. The van der Waals surface area contributed by atoms with E-state index in [4.69, 9.17) is 0 Å². The molecule has 3 nitrogen and oxygen atoms in total. The van der Waals surface area contributed by atoms with Gasteiger partial charge in [0.2, 0.25) is 0 Å². The summed E-state index contributed by atoms with van der Waals surface area (Å²) >= 11 is -0.703. The van der Waals surface area contributed by atoms with Gasteiger partial charge >= 0.3 is 0 Å². The molecule has 4 heteroatoms. The van der Waals surface area contributed by atoms with Gasteiger partial charge in [0.05, 0.1) is 13.1 Å². The largest absolute Gasteiger partial charge is 0.616 e. The Morgan fingerprint density at radius 2 is 1.88 bits per heavy atom. The zero-order chi connectivity index (χ0) is 5.98. The van der Waals surface area contributed by atoms with Crippen molar-refractivity contribution in [1.29, 1.82) is 0 Å². The van der Waals surface area contributed by atoms with Gasteiger partial charge in [-0.1, -0.05) is 11.2 Å². The van der Waals surface area contributed by atoms with Crippen LogP contribution in [0.4, 0.5) is 0 Å². The van der Waals surface area contributed by atoms with E-state index in [-0.39, 0.29) is 0 Å². The molecule has 1 radical (unpaired) electrons. The minimum Gasteiger partial charge on any atom is -0.616 e. The van der Waals surface area contributed by atoms with Crippen molar-refractivity contribution in [3.63, 3.8) is 0 Å². The van der Waals surface area contributed by atoms with E-state index >= 15 is 0 Å². The first-order valence-corrected chi connectivity index (χ1v) is 4.05. The molecule has 0 aromatic rings. The lowest BCUT2D eigenvalue weighted by Crippen LogP contribution is -2.36. The van der Waals surface area contributed by atoms with E-state index in [1.807, 2.05) is 0 Å². The van der Waals surface area contributed by atoms with Crippen molar-refractivity contribution in [2.75, 3.05) is 24.6 Å². The first kappa shape index (κ1) is 6.35. The van der Waals surface area contributed by atoms with Gasteiger partial charge in [-0.15, -0.1) is 10.3 Å². The van der Waals surface area contributed by atoms with E-state index in [0.717, 1.165) is 5.06 Å². The zero-order valence-corrected chi connectivity index (χ0v) is 5.32. The van der Waals surface area contributed by atoms with E-state index in [1.165, 1.54) is 0 Å². The number of hydroxylamine groups is 2. The van der Waals surface area contributed by atoms with Gasteiger partial charge < -0.3 is 4.55 Å². The third kappa shape index (κ3) is 1.63. The Labute approximate surface area is 51.4 Å². The summed E-state index contributed by atoms with van der Waals surface area (Å²) in [5, 5.41) is 11.4. The first-order valence-electron chi connectivity index (χ1n) is 2.56. The van der Waals surface area contributed by atoms with Crippen LogP contribution in [-0.4, -0.2) is 34.2 Å². The Morgan fingerprint density at radius 1 is 1.38 bits per heavy atom. The van der Waals surface area contributed by atoms with Crippen molar-refractivity contribution < 1.29 is 9.76 Å². The summed E-state index contributed by atoms with van der Waals surface area (Å²) in [6.45, 7) is 0.902. The fourth-order valence-electron chi connectivity index (χ4n) is 0.621. The predicted molar refractivity (Wildman–Crippen MR) is 30.1 cm³/mol. The molecule has 1 aliphatic heterocycles. The normalized spacial score (nSPS) is 26.2. The molecule has 0 aromatic carbocycles. The zero-order valence-electron chi connectivity index (χ0n) is 4.50. The average molecular weight is 134 g/mol. The van der Waals surface area contributed by atoms with Gasteiger partial charge in [-0.25, -0.2) is 0 Å². The van der Waals surface area contributed by atoms with E-state index < -0.39 is 11.2 Å². The number of rotatable bonds is 0. The van der Waals surface area contributed by atoms with Crippen LogP contribution in [0.3, 0.4) is 0 Å². The number of hydrogen-bond acceptors (Lipinski definition) is 2. The highest BCUT2D eigenvalue weighted by atomic mass is 32.2. The smallest absolute Gasteiger partial charge is 0.120 e. The summed E-state index contributed by atoms with van der Waals surface area (Å²) in [6, 6.07) is 0. The molecular formula is C4H8NO2S. The lowest BCUT2D eigenvalue weighted by molar-refractivity contribution is -0.150. The monoisotopic (exact) mass is 134 g/mol. The van der Waals surface area contributed by atoms with E-state index in [1.54, 1.807) is 0 Å². The van der Waals surface area contributed by atoms with Crippen LogP contribution in [0.15, 0.2) is 0 Å². The van der Waals surface area contributed by atoms with E-state index in [0.29, 0.717) is 24.6 Å². The SMILES string of the molecule is [O]N1CC[S+]([O-])CC1. The summed E-state index contributed by atoms with van der Waals surface area (Å²) in [4.78, 5) is 0. The van der Waals surface area contributed by atoms with Gasteiger partial charge in [0, 0.05) is 0 Å². The van der Waals surface area contributed by atoms with Gasteiger partial charge in [0.1, 0.15) is 11.5 Å². The maximum atomic E-state index is 10.6. The Bertz CT molecular complexity index is 62.4. The third-order valence-electron chi connectivity index (χ3n) is 1.14. The lowest BCUT2D eigenvalue weighted by Gasteiger charge is -2.20. The van der Waals surface area contributed by atoms with Crippen molar-refractivity contribution in [2.24, 2.45) is 0 Å². The summed E-state index contributed by atoms with van der Waals surface area (Å²) in [5.74, 6) is 1.12. The molecular weight excluding hydrogens is 126 g/mol. The van der Waals surface area contributed by atoms with Gasteiger partial charge in [-0.3, -0.25) is 0 Å². The van der Waals surface area contributed by atoms with Crippen LogP contribution in [0, 0.1) is 0 Å². The molecule has 1 aliphatic rings. The van der Waals surface area contributed by atoms with Crippen molar-refractivity contribution in [2.45, 2.75) is 0 Å². The van der Waals surface area contributed by atoms with Crippen LogP contribution in [0.5, 0.6) is 0 Å². The molecule has 0 unspecified atom stereocenters. The Kier molecular flexibility index (Phi) is 2.13. The van der Waals surface area contributed by atoms with Gasteiger partial charge in [-0.2, -0.15) is 0 Å². The summed E-state index contributed by atoms with van der Waals surface area (Å²) in [7, 11) is 0. The van der Waals surface area contributed by atoms with Crippen LogP contribution in [0.1, 0.15) is 0 Å². The molecule has 0 aromatic heterocycles. The molecule has 1 heterocycles. The van der Waals surface area contributed by atoms with E-state index in [2.05, 4.69) is 0 Å². The molecule has 0 aliphatic carbocycles. The molecule has 1 rings (SSSR count). The highest BCUT2D eigenvalue weighted by Gasteiger charge is 2.17. The molecule has 1 saturated heterocycles. The minimum atomic E-state index is -0.703. The Balaban J connectivity index is 2.19. The van der Waals surface area contributed by atoms with Crippen LogP contribution in [0.25, 0.3) is 0 Å². The fraction of sp³-hybridized carbons (Fsp3) is 1.00. The van der Waals surface area contributed by atoms with Crippen LogP contribution < -0.4 is 0 Å². The molecule has 0 spiro atoms. The summed E-state index contributed by atoms with van der Waals surface area (Å²) in [5.41, 5.74) is 0. The Morgan fingerprint density at radius 3 is 2.25 bits per heavy atom. The molecule has 0 N–H and O–H groups in total. The average Bonchev–Trinajstić information content (AvgIpc) is 1.77. The van der Waals surface area contributed by atoms with E-state index in [9.17, 15) is 9.76 Å². The maximum absolute atomic E-state index is 10.6. The second-order valence-corrected chi connectivity index (χ2v) is 3.47. The lowest BCUT2D eigenvalue weighted by atomic mass is 10.6. The molecule has 0 amide bonds. The van der Waals surface area contributed by atoms with Gasteiger partial charge in [-0.05, 0) is 0 Å². The van der Waals surface area contributed by atoms with Crippen molar-refractivity contribution in [1.82, 2.24) is 5.06 Å². The quantitative estimate of drug-likeness (QED) is 0.415. The molecule has 0 bridgehead atoms. The Hall–Kier alpha value is 0.230. The van der Waals surface area contributed by atoms with Gasteiger partial charge in [0.15, 0.2) is 0 Å². The van der Waals surface area contributed by atoms with Crippen LogP contribution >= 0.6 is 0 Å². The van der Waals surface area contributed by atoms with Crippen molar-refractivity contribution in [3.8, 4) is 0 Å². The molecule has 0 atom stereocenters. The molecule has 8 heavy (non-hydrogen) atoms. The number of hydrogen-bond donors (Lipinski definition) is 0. The van der Waals surface area contributed by atoms with Gasteiger partial charge in [0.25, 0.3) is 0 Å². The molecule has 0 saturated carbocycles. The fourth-order valence-corrected chi connectivity index (χ4v) is 1.64. The predicted octanol–water partition coefficient (Wildman–Crippen LogP) is -0.604. The second-order valence-electron chi connectivity index (χ2n) is 1.78. The molecule has 1 fully saturated rings. The highest BCUT2D eigenvalue weighted by Crippen LogP contribution is 1.99. The van der Waals surface area contributed by atoms with Crippen molar-refractivity contribution >= 4 is 11.2 Å².